The maximum Gasteiger partial charge on any atom is 0.264 e. The fourth-order valence-electron chi connectivity index (χ4n) is 3.38. The van der Waals surface area contributed by atoms with Gasteiger partial charge in [-0.25, -0.2) is 0 Å². The maximum absolute atomic E-state index is 12.5. The number of ether oxygens (including phenoxy) is 1. The largest absolute Gasteiger partial charge is 0.482 e. The number of amides is 2. The lowest BCUT2D eigenvalue weighted by Gasteiger charge is -2.36. The second kappa shape index (κ2) is 9.85. The Bertz CT molecular complexity index is 1030. The second-order valence-electron chi connectivity index (χ2n) is 7.07. The minimum absolute atomic E-state index is 0.103. The first-order chi connectivity index (χ1) is 15.1. The zero-order valence-corrected chi connectivity index (χ0v) is 18.4. The maximum atomic E-state index is 12.5. The molecule has 8 heteroatoms. The molecule has 0 saturated carbocycles. The summed E-state index contributed by atoms with van der Waals surface area (Å²) in [6.07, 6.45) is 0. The lowest BCUT2D eigenvalue weighted by atomic mass is 10.2. The number of thiophene rings is 1. The molecule has 0 atom stereocenters. The Labute approximate surface area is 190 Å². The summed E-state index contributed by atoms with van der Waals surface area (Å²) in [5.74, 6) is 0.325. The number of nitrogens with one attached hydrogen (secondary N) is 1. The molecule has 3 aromatic rings. The predicted molar refractivity (Wildman–Crippen MR) is 124 cm³/mol. The van der Waals surface area contributed by atoms with Crippen LogP contribution in [0.4, 0.5) is 11.4 Å². The highest BCUT2D eigenvalue weighted by molar-refractivity contribution is 7.12. The van der Waals surface area contributed by atoms with E-state index in [-0.39, 0.29) is 18.4 Å². The van der Waals surface area contributed by atoms with Crippen molar-refractivity contribution in [2.24, 2.45) is 0 Å². The Morgan fingerprint density at radius 2 is 1.71 bits per heavy atom. The van der Waals surface area contributed by atoms with E-state index in [4.69, 9.17) is 16.3 Å². The molecule has 2 heterocycles. The minimum atomic E-state index is -0.256. The molecule has 1 aliphatic rings. The van der Waals surface area contributed by atoms with Gasteiger partial charge in [-0.05, 0) is 47.8 Å². The topological polar surface area (TPSA) is 61.9 Å². The zero-order valence-electron chi connectivity index (χ0n) is 16.8. The number of carbonyl (C=O) groups excluding carboxylic acids is 2. The molecule has 1 saturated heterocycles. The SMILES string of the molecule is O=C(COc1ccccc1Cl)Nc1ccc(N2CCN(C(=O)c3cccs3)CC2)cc1. The number of benzene rings is 2. The minimum Gasteiger partial charge on any atom is -0.482 e. The molecule has 6 nitrogen and oxygen atoms in total. The molecular weight excluding hydrogens is 434 g/mol. The highest BCUT2D eigenvalue weighted by Gasteiger charge is 2.22. The summed E-state index contributed by atoms with van der Waals surface area (Å²) in [7, 11) is 0. The van der Waals surface area contributed by atoms with Gasteiger partial charge in [0.05, 0.1) is 9.90 Å². The first-order valence-corrected chi connectivity index (χ1v) is 11.2. The number of anilines is 2. The zero-order chi connectivity index (χ0) is 21.6. The molecule has 0 radical (unpaired) electrons. The van der Waals surface area contributed by atoms with E-state index < -0.39 is 0 Å². The molecule has 1 aromatic heterocycles. The van der Waals surface area contributed by atoms with Gasteiger partial charge >= 0.3 is 0 Å². The van der Waals surface area contributed by atoms with Gasteiger partial charge in [0.25, 0.3) is 11.8 Å². The highest BCUT2D eigenvalue weighted by atomic mass is 35.5. The summed E-state index contributed by atoms with van der Waals surface area (Å²) in [5.41, 5.74) is 1.76. The van der Waals surface area contributed by atoms with E-state index in [9.17, 15) is 9.59 Å². The van der Waals surface area contributed by atoms with Crippen LogP contribution in [0.15, 0.2) is 66.0 Å². The molecule has 1 fully saturated rings. The van der Waals surface area contributed by atoms with Gasteiger partial charge in [-0.1, -0.05) is 29.8 Å². The van der Waals surface area contributed by atoms with E-state index in [1.807, 2.05) is 46.7 Å². The van der Waals surface area contributed by atoms with E-state index in [1.54, 1.807) is 24.3 Å². The first kappa shape index (κ1) is 21.2. The van der Waals surface area contributed by atoms with Gasteiger partial charge < -0.3 is 19.9 Å². The van der Waals surface area contributed by atoms with Crippen LogP contribution in [0, 0.1) is 0 Å². The molecule has 1 aliphatic heterocycles. The fourth-order valence-corrected chi connectivity index (χ4v) is 4.26. The Morgan fingerprint density at radius 3 is 2.39 bits per heavy atom. The molecule has 2 aromatic carbocycles. The van der Waals surface area contributed by atoms with E-state index in [0.717, 1.165) is 23.7 Å². The van der Waals surface area contributed by atoms with Gasteiger partial charge in [0.1, 0.15) is 5.75 Å². The van der Waals surface area contributed by atoms with E-state index >= 15 is 0 Å². The van der Waals surface area contributed by atoms with Gasteiger partial charge in [-0.15, -0.1) is 11.3 Å². The molecule has 0 unspecified atom stereocenters. The van der Waals surface area contributed by atoms with Gasteiger partial charge in [0, 0.05) is 37.6 Å². The van der Waals surface area contributed by atoms with Crippen LogP contribution in [0.2, 0.25) is 5.02 Å². The number of hydrogen-bond donors (Lipinski definition) is 1. The van der Waals surface area contributed by atoms with Gasteiger partial charge in [-0.2, -0.15) is 0 Å². The van der Waals surface area contributed by atoms with Crippen molar-refractivity contribution in [1.82, 2.24) is 4.90 Å². The monoisotopic (exact) mass is 455 g/mol. The van der Waals surface area contributed by atoms with Crippen LogP contribution in [0.1, 0.15) is 9.67 Å². The van der Waals surface area contributed by atoms with Crippen LogP contribution in [-0.4, -0.2) is 49.5 Å². The third-order valence-electron chi connectivity index (χ3n) is 5.01. The molecule has 2 amide bonds. The Hall–Kier alpha value is -3.03. The van der Waals surface area contributed by atoms with Crippen molar-refractivity contribution >= 4 is 46.1 Å². The number of para-hydroxylation sites is 1. The van der Waals surface area contributed by atoms with E-state index in [0.29, 0.717) is 29.5 Å². The van der Waals surface area contributed by atoms with Crippen molar-refractivity contribution in [3.8, 4) is 5.75 Å². The molecule has 0 bridgehead atoms. The second-order valence-corrected chi connectivity index (χ2v) is 8.43. The van der Waals surface area contributed by atoms with Crippen molar-refractivity contribution in [2.75, 3.05) is 43.0 Å². The van der Waals surface area contributed by atoms with Crippen LogP contribution < -0.4 is 15.0 Å². The number of nitrogens with zero attached hydrogens (tertiary/aromatic N) is 2. The summed E-state index contributed by atoms with van der Waals surface area (Å²) in [5, 5.41) is 5.21. The standard InChI is InChI=1S/C23H22ClN3O3S/c24-19-4-1-2-5-20(19)30-16-22(28)25-17-7-9-18(10-8-17)26-11-13-27(14-12-26)23(29)21-6-3-15-31-21/h1-10,15H,11-14,16H2,(H,25,28). The Kier molecular flexibility index (Phi) is 6.74. The van der Waals surface area contributed by atoms with Crippen molar-refractivity contribution in [2.45, 2.75) is 0 Å². The molecule has 1 N–H and O–H groups in total. The lowest BCUT2D eigenvalue weighted by Crippen LogP contribution is -2.48. The van der Waals surface area contributed by atoms with Crippen LogP contribution >= 0.6 is 22.9 Å². The average Bonchev–Trinajstić information content (AvgIpc) is 3.34. The summed E-state index contributed by atoms with van der Waals surface area (Å²) in [6.45, 7) is 2.80. The Morgan fingerprint density at radius 1 is 0.968 bits per heavy atom. The molecule has 160 valence electrons. The first-order valence-electron chi connectivity index (χ1n) is 9.95. The van der Waals surface area contributed by atoms with Gasteiger partial charge in [0.2, 0.25) is 0 Å². The van der Waals surface area contributed by atoms with Gasteiger partial charge in [-0.3, -0.25) is 9.59 Å². The molecule has 31 heavy (non-hydrogen) atoms. The lowest BCUT2D eigenvalue weighted by molar-refractivity contribution is -0.118. The van der Waals surface area contributed by atoms with Crippen molar-refractivity contribution in [3.63, 3.8) is 0 Å². The van der Waals surface area contributed by atoms with Crippen LogP contribution in [0.25, 0.3) is 0 Å². The Balaban J connectivity index is 1.26. The number of piperazine rings is 1. The summed E-state index contributed by atoms with van der Waals surface area (Å²) < 4.78 is 5.46. The quantitative estimate of drug-likeness (QED) is 0.599. The van der Waals surface area contributed by atoms with Crippen molar-refractivity contribution < 1.29 is 14.3 Å². The molecule has 0 spiro atoms. The van der Waals surface area contributed by atoms with Crippen molar-refractivity contribution in [1.29, 1.82) is 0 Å². The highest BCUT2D eigenvalue weighted by Crippen LogP contribution is 2.23. The predicted octanol–water partition coefficient (Wildman–Crippen LogP) is 4.38. The average molecular weight is 456 g/mol. The number of carbonyl (C=O) groups is 2. The summed E-state index contributed by atoms with van der Waals surface area (Å²) >= 11 is 7.50. The van der Waals surface area contributed by atoms with Gasteiger partial charge in [0.15, 0.2) is 6.61 Å². The summed E-state index contributed by atoms with van der Waals surface area (Å²) in [4.78, 5) is 29.6. The number of rotatable bonds is 6. The molecular formula is C23H22ClN3O3S. The van der Waals surface area contributed by atoms with Crippen LogP contribution in [-0.2, 0) is 4.79 Å². The smallest absolute Gasteiger partial charge is 0.264 e. The van der Waals surface area contributed by atoms with E-state index in [2.05, 4.69) is 10.2 Å². The number of hydrogen-bond acceptors (Lipinski definition) is 5. The third-order valence-corrected chi connectivity index (χ3v) is 6.18. The fraction of sp³-hybridized carbons (Fsp3) is 0.217. The summed E-state index contributed by atoms with van der Waals surface area (Å²) in [6, 6.07) is 18.5. The van der Waals surface area contributed by atoms with Crippen molar-refractivity contribution in [3.05, 3.63) is 75.9 Å². The molecule has 0 aliphatic carbocycles. The normalized spacial score (nSPS) is 13.7. The van der Waals surface area contributed by atoms with Crippen LogP contribution in [0.5, 0.6) is 5.75 Å². The number of halogens is 1. The molecule has 4 rings (SSSR count). The van der Waals surface area contributed by atoms with Crippen LogP contribution in [0.3, 0.4) is 0 Å². The van der Waals surface area contributed by atoms with E-state index in [1.165, 1.54) is 11.3 Å². The third kappa shape index (κ3) is 5.37.